The van der Waals surface area contributed by atoms with Gasteiger partial charge in [-0.25, -0.2) is 0 Å². The van der Waals surface area contributed by atoms with Crippen molar-refractivity contribution in [1.82, 2.24) is 0 Å². The number of nitrogens with zero attached hydrogens (tertiary/aromatic N) is 2. The number of hydrogen-bond donors (Lipinski definition) is 3. The SMILES string of the molecule is CCNc1ccc(O)c([N+](=O)[O-])c1.O=NO. The van der Waals surface area contributed by atoms with E-state index in [0.29, 0.717) is 12.2 Å². The topological polar surface area (TPSA) is 125 Å². The second-order valence-corrected chi connectivity index (χ2v) is 2.57. The maximum absolute atomic E-state index is 10.4. The van der Waals surface area contributed by atoms with Gasteiger partial charge in [-0.05, 0) is 19.1 Å². The third kappa shape index (κ3) is 4.22. The van der Waals surface area contributed by atoms with E-state index in [1.165, 1.54) is 17.5 Å². The molecule has 0 unspecified atom stereocenters. The first kappa shape index (κ1) is 13.6. The van der Waals surface area contributed by atoms with Crippen molar-refractivity contribution < 1.29 is 15.2 Å². The van der Waals surface area contributed by atoms with E-state index in [0.717, 1.165) is 0 Å². The van der Waals surface area contributed by atoms with Crippen molar-refractivity contribution in [3.8, 4) is 5.75 Å². The summed E-state index contributed by atoms with van der Waals surface area (Å²) >= 11 is 0. The summed E-state index contributed by atoms with van der Waals surface area (Å²) in [4.78, 5) is 17.9. The molecule has 0 bridgehead atoms. The van der Waals surface area contributed by atoms with E-state index >= 15 is 0 Å². The van der Waals surface area contributed by atoms with Crippen LogP contribution in [0.15, 0.2) is 23.5 Å². The molecule has 0 aliphatic heterocycles. The van der Waals surface area contributed by atoms with Gasteiger partial charge in [0, 0.05) is 18.3 Å². The normalized spacial score (nSPS) is 8.56. The monoisotopic (exact) mass is 229 g/mol. The highest BCUT2D eigenvalue weighted by atomic mass is 16.6. The second kappa shape index (κ2) is 6.98. The molecule has 0 aliphatic carbocycles. The van der Waals surface area contributed by atoms with Crippen molar-refractivity contribution in [2.45, 2.75) is 6.92 Å². The molecule has 0 radical (unpaired) electrons. The van der Waals surface area contributed by atoms with Crippen molar-refractivity contribution in [1.29, 1.82) is 0 Å². The van der Waals surface area contributed by atoms with Crippen LogP contribution in [-0.4, -0.2) is 21.8 Å². The maximum atomic E-state index is 10.4. The Morgan fingerprint density at radius 1 is 1.56 bits per heavy atom. The zero-order valence-corrected chi connectivity index (χ0v) is 8.45. The van der Waals surface area contributed by atoms with Crippen LogP contribution < -0.4 is 5.32 Å². The fourth-order valence-electron chi connectivity index (χ4n) is 0.984. The molecule has 0 aromatic heterocycles. The van der Waals surface area contributed by atoms with Crippen molar-refractivity contribution in [3.05, 3.63) is 33.2 Å². The first-order chi connectivity index (χ1) is 7.56. The van der Waals surface area contributed by atoms with Crippen LogP contribution in [-0.2, 0) is 0 Å². The maximum Gasteiger partial charge on any atom is 0.312 e. The summed E-state index contributed by atoms with van der Waals surface area (Å²) in [6.45, 7) is 2.57. The molecule has 16 heavy (non-hydrogen) atoms. The third-order valence-corrected chi connectivity index (χ3v) is 1.55. The van der Waals surface area contributed by atoms with Gasteiger partial charge < -0.3 is 15.6 Å². The van der Waals surface area contributed by atoms with Crippen LogP contribution in [0.25, 0.3) is 0 Å². The predicted molar refractivity (Wildman–Crippen MR) is 56.5 cm³/mol. The van der Waals surface area contributed by atoms with Crippen molar-refractivity contribution in [3.63, 3.8) is 0 Å². The zero-order valence-electron chi connectivity index (χ0n) is 8.45. The standard InChI is InChI=1S/C8H10N2O3.HNO2/c1-2-9-6-3-4-8(11)7(5-6)10(12)13;2-1-3/h3-5,9,11H,2H2,1H3;(H,2,3). The Morgan fingerprint density at radius 3 is 2.56 bits per heavy atom. The predicted octanol–water partition coefficient (Wildman–Crippen LogP) is 1.87. The molecule has 0 spiro atoms. The summed E-state index contributed by atoms with van der Waals surface area (Å²) in [5, 5.41) is 30.3. The highest BCUT2D eigenvalue weighted by Gasteiger charge is 2.12. The number of anilines is 1. The van der Waals surface area contributed by atoms with E-state index in [1.807, 2.05) is 6.92 Å². The van der Waals surface area contributed by atoms with Crippen LogP contribution in [0.2, 0.25) is 0 Å². The van der Waals surface area contributed by atoms with Crippen LogP contribution in [0, 0.1) is 15.0 Å². The molecule has 8 heteroatoms. The molecule has 0 atom stereocenters. The fourth-order valence-corrected chi connectivity index (χ4v) is 0.984. The van der Waals surface area contributed by atoms with Gasteiger partial charge in [0.05, 0.1) is 4.92 Å². The Bertz CT molecular complexity index is 369. The van der Waals surface area contributed by atoms with Crippen LogP contribution in [0.4, 0.5) is 11.4 Å². The summed E-state index contributed by atoms with van der Waals surface area (Å²) in [6.07, 6.45) is 0. The summed E-state index contributed by atoms with van der Waals surface area (Å²) in [6, 6.07) is 4.20. The van der Waals surface area contributed by atoms with Gasteiger partial charge in [0.25, 0.3) is 0 Å². The van der Waals surface area contributed by atoms with Gasteiger partial charge in [-0.2, -0.15) is 0 Å². The molecule has 0 fully saturated rings. The molecule has 0 saturated carbocycles. The number of benzene rings is 1. The molecule has 1 aromatic carbocycles. The first-order valence-electron chi connectivity index (χ1n) is 4.24. The number of nitro groups is 1. The Hall–Kier alpha value is -2.38. The number of hydrogen-bond acceptors (Lipinski definition) is 6. The highest BCUT2D eigenvalue weighted by Crippen LogP contribution is 2.28. The van der Waals surface area contributed by atoms with Crippen LogP contribution in [0.3, 0.4) is 0 Å². The van der Waals surface area contributed by atoms with Crippen LogP contribution in [0.1, 0.15) is 6.92 Å². The quantitative estimate of drug-likeness (QED) is 0.314. The van der Waals surface area contributed by atoms with E-state index < -0.39 is 4.92 Å². The minimum atomic E-state index is -0.615. The van der Waals surface area contributed by atoms with Gasteiger partial charge in [-0.3, -0.25) is 10.1 Å². The number of phenols is 1. The minimum Gasteiger partial charge on any atom is -0.502 e. The fraction of sp³-hybridized carbons (Fsp3) is 0.250. The molecule has 1 aromatic rings. The lowest BCUT2D eigenvalue weighted by Crippen LogP contribution is -1.97. The molecule has 3 N–H and O–H groups in total. The summed E-state index contributed by atoms with van der Waals surface area (Å²) < 4.78 is 0. The minimum absolute atomic E-state index is 0.279. The molecule has 0 amide bonds. The number of nitro benzene ring substituents is 1. The van der Waals surface area contributed by atoms with E-state index in [1.54, 1.807) is 6.07 Å². The van der Waals surface area contributed by atoms with E-state index in [-0.39, 0.29) is 11.4 Å². The lowest BCUT2D eigenvalue weighted by atomic mass is 10.2. The lowest BCUT2D eigenvalue weighted by molar-refractivity contribution is -0.385. The second-order valence-electron chi connectivity index (χ2n) is 2.57. The number of rotatable bonds is 3. The molecule has 88 valence electrons. The average Bonchev–Trinajstić information content (AvgIpc) is 2.22. The van der Waals surface area contributed by atoms with Gasteiger partial charge in [-0.1, -0.05) is 0 Å². The zero-order chi connectivity index (χ0) is 12.6. The highest BCUT2D eigenvalue weighted by molar-refractivity contribution is 5.57. The summed E-state index contributed by atoms with van der Waals surface area (Å²) in [7, 11) is 0. The van der Waals surface area contributed by atoms with E-state index in [4.69, 9.17) is 15.2 Å². The van der Waals surface area contributed by atoms with E-state index in [2.05, 4.69) is 5.32 Å². The van der Waals surface area contributed by atoms with Gasteiger partial charge >= 0.3 is 5.69 Å². The van der Waals surface area contributed by atoms with Crippen LogP contribution in [0.5, 0.6) is 5.75 Å². The summed E-state index contributed by atoms with van der Waals surface area (Å²) in [5.74, 6) is -0.313. The van der Waals surface area contributed by atoms with Crippen molar-refractivity contribution >= 4 is 11.4 Å². The Labute approximate surface area is 90.6 Å². The van der Waals surface area contributed by atoms with Gasteiger partial charge in [0.1, 0.15) is 0 Å². The smallest absolute Gasteiger partial charge is 0.312 e. The third-order valence-electron chi connectivity index (χ3n) is 1.55. The molecular weight excluding hydrogens is 218 g/mol. The lowest BCUT2D eigenvalue weighted by Gasteiger charge is -2.02. The molecular formula is C8H11N3O5. The van der Waals surface area contributed by atoms with E-state index in [9.17, 15) is 10.1 Å². The van der Waals surface area contributed by atoms with Crippen LogP contribution >= 0.6 is 0 Å². The van der Waals surface area contributed by atoms with Gasteiger partial charge in [0.2, 0.25) is 0 Å². The van der Waals surface area contributed by atoms with Gasteiger partial charge in [-0.15, -0.1) is 4.91 Å². The van der Waals surface area contributed by atoms with Crippen molar-refractivity contribution in [2.75, 3.05) is 11.9 Å². The molecule has 0 aliphatic rings. The average molecular weight is 229 g/mol. The van der Waals surface area contributed by atoms with Gasteiger partial charge in [0.15, 0.2) is 11.1 Å². The molecule has 0 saturated heterocycles. The molecule has 1 rings (SSSR count). The van der Waals surface area contributed by atoms with Crippen molar-refractivity contribution in [2.24, 2.45) is 5.34 Å². The summed E-state index contributed by atoms with van der Waals surface area (Å²) in [5.41, 5.74) is 0.352. The Morgan fingerprint density at radius 2 is 2.12 bits per heavy atom. The Kier molecular flexibility index (Phi) is 5.95. The number of nitrogens with one attached hydrogen (secondary N) is 1. The largest absolute Gasteiger partial charge is 0.502 e. The number of aromatic hydroxyl groups is 1. The molecule has 0 heterocycles. The Balaban J connectivity index is 0.000000673. The number of phenolic OH excluding ortho intramolecular Hbond substituents is 1. The first-order valence-corrected chi connectivity index (χ1v) is 4.24. The molecule has 8 nitrogen and oxygen atoms in total.